The fraction of sp³-hybridized carbons (Fsp3) is 0.500. The third-order valence-electron chi connectivity index (χ3n) is 2.55. The lowest BCUT2D eigenvalue weighted by atomic mass is 10.2. The van der Waals surface area contributed by atoms with Gasteiger partial charge >= 0.3 is 0 Å². The predicted molar refractivity (Wildman–Crippen MR) is 55.7 cm³/mol. The van der Waals surface area contributed by atoms with Crippen molar-refractivity contribution in [3.63, 3.8) is 0 Å². The maximum atomic E-state index is 11.7. The molecule has 0 amide bonds. The van der Waals surface area contributed by atoms with E-state index in [4.69, 9.17) is 11.6 Å². The van der Waals surface area contributed by atoms with Crippen LogP contribution in [0.1, 0.15) is 28.6 Å². The fourth-order valence-electron chi connectivity index (χ4n) is 1.45. The highest BCUT2D eigenvalue weighted by Crippen LogP contribution is 2.42. The smallest absolute Gasteiger partial charge is 0.176 e. The van der Waals surface area contributed by atoms with E-state index in [2.05, 4.69) is 6.92 Å². The number of aryl methyl sites for hydroxylation is 1. The van der Waals surface area contributed by atoms with Gasteiger partial charge in [-0.1, -0.05) is 18.5 Å². The lowest BCUT2D eigenvalue weighted by molar-refractivity contribution is 0.0966. The molecule has 2 atom stereocenters. The lowest BCUT2D eigenvalue weighted by Gasteiger charge is -1.91. The Balaban J connectivity index is 2.21. The second-order valence-electron chi connectivity index (χ2n) is 3.75. The molecule has 0 aliphatic heterocycles. The zero-order chi connectivity index (χ0) is 9.59. The minimum atomic E-state index is 0.272. The Hall–Kier alpha value is -0.340. The summed E-state index contributed by atoms with van der Waals surface area (Å²) in [6, 6.07) is 1.90. The third kappa shape index (κ3) is 1.65. The first-order valence-corrected chi connectivity index (χ1v) is 5.59. The maximum absolute atomic E-state index is 11.7. The van der Waals surface area contributed by atoms with Gasteiger partial charge in [0.2, 0.25) is 0 Å². The van der Waals surface area contributed by atoms with E-state index >= 15 is 0 Å². The van der Waals surface area contributed by atoms with Gasteiger partial charge in [-0.2, -0.15) is 0 Å². The van der Waals surface area contributed by atoms with E-state index in [9.17, 15) is 4.79 Å². The number of hydrogen-bond donors (Lipinski definition) is 0. The summed E-state index contributed by atoms with van der Waals surface area (Å²) < 4.78 is 0.747. The van der Waals surface area contributed by atoms with Gasteiger partial charge in [-0.15, -0.1) is 11.3 Å². The van der Waals surface area contributed by atoms with E-state index in [1.54, 1.807) is 0 Å². The molecule has 3 heteroatoms. The van der Waals surface area contributed by atoms with Gasteiger partial charge in [0.05, 0.1) is 9.21 Å². The molecule has 1 aliphatic rings. The number of Topliss-reactive ketones (excluding diaryl/α,β-unsaturated/α-hetero) is 1. The molecule has 1 aromatic heterocycles. The van der Waals surface area contributed by atoms with Crippen molar-refractivity contribution in [2.24, 2.45) is 11.8 Å². The summed E-state index contributed by atoms with van der Waals surface area (Å²) in [5.74, 6) is 1.13. The standard InChI is InChI=1S/C10H11ClOS/c1-5-3-7(5)9(12)8-4-6(2)10(11)13-8/h4-5,7H,3H2,1-2H3. The average molecular weight is 215 g/mol. The normalized spacial score (nSPS) is 26.1. The molecule has 1 heterocycles. The Kier molecular flexibility index (Phi) is 2.20. The summed E-state index contributed by atoms with van der Waals surface area (Å²) in [6.45, 7) is 4.05. The molecule has 1 fully saturated rings. The zero-order valence-corrected chi connectivity index (χ0v) is 9.21. The number of hydrogen-bond acceptors (Lipinski definition) is 2. The van der Waals surface area contributed by atoms with E-state index in [-0.39, 0.29) is 11.7 Å². The number of carbonyl (C=O) groups excluding carboxylic acids is 1. The number of halogens is 1. The van der Waals surface area contributed by atoms with E-state index in [1.165, 1.54) is 11.3 Å². The Labute approximate surface area is 86.7 Å². The summed E-state index contributed by atoms with van der Waals surface area (Å²) >= 11 is 7.31. The van der Waals surface area contributed by atoms with Crippen LogP contribution in [0.2, 0.25) is 4.34 Å². The van der Waals surface area contributed by atoms with Gasteiger partial charge in [0.25, 0.3) is 0 Å². The summed E-state index contributed by atoms with van der Waals surface area (Å²) in [5.41, 5.74) is 1.02. The second kappa shape index (κ2) is 3.10. The number of thiophene rings is 1. The molecule has 13 heavy (non-hydrogen) atoms. The second-order valence-corrected chi connectivity index (χ2v) is 5.41. The van der Waals surface area contributed by atoms with Crippen molar-refractivity contribution in [2.45, 2.75) is 20.3 Å². The molecule has 0 bridgehead atoms. The Bertz CT molecular complexity index is 336. The van der Waals surface area contributed by atoms with Gasteiger partial charge < -0.3 is 0 Å². The molecule has 0 N–H and O–H groups in total. The molecule has 0 aromatic carbocycles. The predicted octanol–water partition coefficient (Wildman–Crippen LogP) is 3.55. The number of rotatable bonds is 2. The van der Waals surface area contributed by atoms with Gasteiger partial charge in [-0.3, -0.25) is 4.79 Å². The highest BCUT2D eigenvalue weighted by atomic mass is 35.5. The van der Waals surface area contributed by atoms with Crippen molar-refractivity contribution < 1.29 is 4.79 Å². The lowest BCUT2D eigenvalue weighted by Crippen LogP contribution is -1.99. The highest BCUT2D eigenvalue weighted by molar-refractivity contribution is 7.18. The van der Waals surface area contributed by atoms with Gasteiger partial charge in [-0.05, 0) is 30.9 Å². The maximum Gasteiger partial charge on any atom is 0.176 e. The molecular formula is C10H11ClOS. The van der Waals surface area contributed by atoms with Crippen molar-refractivity contribution in [2.75, 3.05) is 0 Å². The summed E-state index contributed by atoms with van der Waals surface area (Å²) in [4.78, 5) is 12.6. The first-order chi connectivity index (χ1) is 6.09. The fourth-order valence-corrected chi connectivity index (χ4v) is 2.66. The quantitative estimate of drug-likeness (QED) is 0.689. The highest BCUT2D eigenvalue weighted by Gasteiger charge is 2.39. The number of carbonyl (C=O) groups is 1. The van der Waals surface area contributed by atoms with Crippen molar-refractivity contribution in [3.05, 3.63) is 20.8 Å². The summed E-state index contributed by atoms with van der Waals surface area (Å²) in [7, 11) is 0. The third-order valence-corrected chi connectivity index (χ3v) is 4.12. The minimum Gasteiger partial charge on any atom is -0.293 e. The van der Waals surface area contributed by atoms with Crippen LogP contribution in [0, 0.1) is 18.8 Å². The van der Waals surface area contributed by atoms with E-state index in [0.29, 0.717) is 5.92 Å². The molecule has 1 aliphatic carbocycles. The van der Waals surface area contributed by atoms with Gasteiger partial charge in [0.1, 0.15) is 0 Å². The summed E-state index contributed by atoms with van der Waals surface area (Å²) in [6.07, 6.45) is 1.05. The SMILES string of the molecule is Cc1cc(C(=O)C2CC2C)sc1Cl. The van der Waals surface area contributed by atoms with Crippen molar-refractivity contribution in [1.29, 1.82) is 0 Å². The molecule has 70 valence electrons. The van der Waals surface area contributed by atoms with Crippen LogP contribution >= 0.6 is 22.9 Å². The van der Waals surface area contributed by atoms with Crippen molar-refractivity contribution in [3.8, 4) is 0 Å². The van der Waals surface area contributed by atoms with Crippen LogP contribution in [0.15, 0.2) is 6.07 Å². The first-order valence-electron chi connectivity index (χ1n) is 4.39. The van der Waals surface area contributed by atoms with Crippen LogP contribution in [-0.2, 0) is 0 Å². The molecule has 2 rings (SSSR count). The Morgan fingerprint density at radius 1 is 1.69 bits per heavy atom. The van der Waals surface area contributed by atoms with Crippen LogP contribution in [0.4, 0.5) is 0 Å². The molecular weight excluding hydrogens is 204 g/mol. The van der Waals surface area contributed by atoms with E-state index in [1.807, 2.05) is 13.0 Å². The monoisotopic (exact) mass is 214 g/mol. The van der Waals surface area contributed by atoms with Crippen LogP contribution in [-0.4, -0.2) is 5.78 Å². The molecule has 1 saturated carbocycles. The molecule has 0 saturated heterocycles. The minimum absolute atomic E-state index is 0.272. The Morgan fingerprint density at radius 2 is 2.31 bits per heavy atom. The molecule has 2 unspecified atom stereocenters. The van der Waals surface area contributed by atoms with E-state index in [0.717, 1.165) is 21.2 Å². The van der Waals surface area contributed by atoms with E-state index < -0.39 is 0 Å². The van der Waals surface area contributed by atoms with Crippen LogP contribution < -0.4 is 0 Å². The summed E-state index contributed by atoms with van der Waals surface area (Å²) in [5, 5.41) is 0. The van der Waals surface area contributed by atoms with Crippen LogP contribution in [0.5, 0.6) is 0 Å². The molecule has 0 radical (unpaired) electrons. The molecule has 0 spiro atoms. The first kappa shape index (κ1) is 9.22. The van der Waals surface area contributed by atoms with Gasteiger partial charge in [0, 0.05) is 5.92 Å². The van der Waals surface area contributed by atoms with Gasteiger partial charge in [-0.25, -0.2) is 0 Å². The zero-order valence-electron chi connectivity index (χ0n) is 7.63. The number of ketones is 1. The van der Waals surface area contributed by atoms with Crippen LogP contribution in [0.25, 0.3) is 0 Å². The van der Waals surface area contributed by atoms with Crippen molar-refractivity contribution in [1.82, 2.24) is 0 Å². The van der Waals surface area contributed by atoms with Crippen molar-refractivity contribution >= 4 is 28.7 Å². The average Bonchev–Trinajstić information content (AvgIpc) is 2.70. The van der Waals surface area contributed by atoms with Gasteiger partial charge in [0.15, 0.2) is 5.78 Å². The largest absolute Gasteiger partial charge is 0.293 e. The topological polar surface area (TPSA) is 17.1 Å². The Morgan fingerprint density at radius 3 is 2.69 bits per heavy atom. The molecule has 1 nitrogen and oxygen atoms in total. The van der Waals surface area contributed by atoms with Crippen LogP contribution in [0.3, 0.4) is 0 Å². The molecule has 1 aromatic rings.